The molecule has 106 valence electrons. The van der Waals surface area contributed by atoms with Crippen molar-refractivity contribution in [3.63, 3.8) is 0 Å². The topological polar surface area (TPSA) is 127 Å². The molecule has 1 aromatic rings. The van der Waals surface area contributed by atoms with Crippen molar-refractivity contribution in [2.75, 3.05) is 7.11 Å². The van der Waals surface area contributed by atoms with Gasteiger partial charge >= 0.3 is 5.97 Å². The van der Waals surface area contributed by atoms with Crippen LogP contribution in [-0.2, 0) is 19.6 Å². The Hall–Kier alpha value is -1.55. The van der Waals surface area contributed by atoms with Crippen LogP contribution >= 0.6 is 0 Å². The summed E-state index contributed by atoms with van der Waals surface area (Å²) in [5.41, 5.74) is -0.453. The summed E-state index contributed by atoms with van der Waals surface area (Å²) in [5, 5.41) is 23.8. The molecule has 0 radical (unpaired) electrons. The molecule has 0 saturated heterocycles. The van der Waals surface area contributed by atoms with Gasteiger partial charge in [0.2, 0.25) is 10.0 Å². The van der Waals surface area contributed by atoms with E-state index in [1.165, 1.54) is 0 Å². The van der Waals surface area contributed by atoms with E-state index in [0.29, 0.717) is 6.07 Å². The molecule has 0 heterocycles. The summed E-state index contributed by atoms with van der Waals surface area (Å²) in [4.78, 5) is 10.5. The van der Waals surface area contributed by atoms with Gasteiger partial charge in [-0.05, 0) is 12.1 Å². The van der Waals surface area contributed by atoms with Gasteiger partial charge in [-0.15, -0.1) is 0 Å². The van der Waals surface area contributed by atoms with Crippen LogP contribution in [0.5, 0.6) is 0 Å². The second-order valence-electron chi connectivity index (χ2n) is 3.64. The second kappa shape index (κ2) is 5.61. The first-order valence-corrected chi connectivity index (χ1v) is 6.49. The van der Waals surface area contributed by atoms with Crippen molar-refractivity contribution < 1.29 is 32.6 Å². The Labute approximate surface area is 108 Å². The van der Waals surface area contributed by atoms with Crippen LogP contribution in [0, 0.1) is 5.82 Å². The molecule has 9 heteroatoms. The number of sulfonamides is 1. The van der Waals surface area contributed by atoms with Crippen molar-refractivity contribution in [1.82, 2.24) is 0 Å². The fraction of sp³-hybridized carbons (Fsp3) is 0.300. The highest BCUT2D eigenvalue weighted by atomic mass is 32.2. The lowest BCUT2D eigenvalue weighted by molar-refractivity contribution is -0.156. The van der Waals surface area contributed by atoms with E-state index in [0.717, 1.165) is 19.2 Å². The number of methoxy groups -OCH3 is 1. The quantitative estimate of drug-likeness (QED) is 0.614. The lowest BCUT2D eigenvalue weighted by atomic mass is 10.0. The van der Waals surface area contributed by atoms with Crippen LogP contribution in [0.15, 0.2) is 23.1 Å². The van der Waals surface area contributed by atoms with Gasteiger partial charge in [-0.2, -0.15) is 0 Å². The van der Waals surface area contributed by atoms with Gasteiger partial charge in [-0.1, -0.05) is 6.07 Å². The molecule has 0 aliphatic rings. The number of nitrogens with two attached hydrogens (primary N) is 1. The zero-order valence-corrected chi connectivity index (χ0v) is 10.6. The Morgan fingerprint density at radius 2 is 2.00 bits per heavy atom. The third-order valence-electron chi connectivity index (χ3n) is 2.36. The van der Waals surface area contributed by atoms with Crippen LogP contribution in [0.2, 0.25) is 0 Å². The highest BCUT2D eigenvalue weighted by Crippen LogP contribution is 2.23. The first kappa shape index (κ1) is 15.5. The standard InChI is InChI=1S/C10H12FNO6S/c1-18-10(15)9(14)8(13)6-3-2-5(4-7(6)11)19(12,16)17/h2-4,8-9,13-14H,1H3,(H2,12,16,17). The maximum absolute atomic E-state index is 13.6. The molecular formula is C10H12FNO6S. The zero-order valence-electron chi connectivity index (χ0n) is 9.78. The van der Waals surface area contributed by atoms with E-state index in [1.54, 1.807) is 0 Å². The van der Waals surface area contributed by atoms with Gasteiger partial charge in [-0.25, -0.2) is 22.7 Å². The lowest BCUT2D eigenvalue weighted by Crippen LogP contribution is -2.29. The number of hydrogen-bond donors (Lipinski definition) is 3. The monoisotopic (exact) mass is 293 g/mol. The second-order valence-corrected chi connectivity index (χ2v) is 5.20. The average Bonchev–Trinajstić information content (AvgIpc) is 2.34. The predicted octanol–water partition coefficient (Wildman–Crippen LogP) is -0.960. The normalized spacial score (nSPS) is 14.8. The molecule has 19 heavy (non-hydrogen) atoms. The number of hydrogen-bond acceptors (Lipinski definition) is 6. The summed E-state index contributed by atoms with van der Waals surface area (Å²) < 4.78 is 39.8. The van der Waals surface area contributed by atoms with Crippen LogP contribution in [0.25, 0.3) is 0 Å². The van der Waals surface area contributed by atoms with E-state index in [1.807, 2.05) is 0 Å². The van der Waals surface area contributed by atoms with Gasteiger partial charge in [0.15, 0.2) is 6.10 Å². The number of rotatable bonds is 4. The molecule has 0 fully saturated rings. The number of esters is 1. The maximum atomic E-state index is 13.6. The fourth-order valence-corrected chi connectivity index (χ4v) is 1.87. The van der Waals surface area contributed by atoms with E-state index in [-0.39, 0.29) is 0 Å². The van der Waals surface area contributed by atoms with Gasteiger partial charge in [0.1, 0.15) is 11.9 Å². The number of aliphatic hydroxyl groups excluding tert-OH is 2. The zero-order chi connectivity index (χ0) is 14.8. The van der Waals surface area contributed by atoms with Crippen molar-refractivity contribution in [2.24, 2.45) is 5.14 Å². The number of primary sulfonamides is 1. The Morgan fingerprint density at radius 3 is 2.42 bits per heavy atom. The van der Waals surface area contributed by atoms with Gasteiger partial charge in [0.25, 0.3) is 0 Å². The van der Waals surface area contributed by atoms with E-state index in [2.05, 4.69) is 4.74 Å². The van der Waals surface area contributed by atoms with Crippen LogP contribution in [-0.4, -0.2) is 37.8 Å². The Balaban J connectivity index is 3.13. The first-order valence-electron chi connectivity index (χ1n) is 4.94. The van der Waals surface area contributed by atoms with Crippen LogP contribution < -0.4 is 5.14 Å². The Kier molecular flexibility index (Phi) is 4.58. The molecule has 0 amide bonds. The fourth-order valence-electron chi connectivity index (χ4n) is 1.34. The van der Waals surface area contributed by atoms with Gasteiger partial charge in [0.05, 0.1) is 12.0 Å². The summed E-state index contributed by atoms with van der Waals surface area (Å²) >= 11 is 0. The highest BCUT2D eigenvalue weighted by Gasteiger charge is 2.29. The van der Waals surface area contributed by atoms with Crippen molar-refractivity contribution in [1.29, 1.82) is 0 Å². The van der Waals surface area contributed by atoms with Crippen molar-refractivity contribution >= 4 is 16.0 Å². The van der Waals surface area contributed by atoms with Crippen molar-refractivity contribution in [3.8, 4) is 0 Å². The number of benzene rings is 1. The minimum absolute atomic E-state index is 0.453. The minimum Gasteiger partial charge on any atom is -0.467 e. The number of ether oxygens (including phenoxy) is 1. The van der Waals surface area contributed by atoms with Crippen LogP contribution in [0.1, 0.15) is 11.7 Å². The molecule has 0 aromatic heterocycles. The molecule has 0 saturated carbocycles. The van der Waals surface area contributed by atoms with Crippen molar-refractivity contribution in [3.05, 3.63) is 29.6 Å². The van der Waals surface area contributed by atoms with Crippen LogP contribution in [0.4, 0.5) is 4.39 Å². The summed E-state index contributed by atoms with van der Waals surface area (Å²) in [5.74, 6) is -2.27. The number of carbonyl (C=O) groups is 1. The SMILES string of the molecule is COC(=O)C(O)C(O)c1ccc(S(N)(=O)=O)cc1F. The number of halogens is 1. The molecule has 4 N–H and O–H groups in total. The molecule has 7 nitrogen and oxygen atoms in total. The summed E-state index contributed by atoms with van der Waals surface area (Å²) in [7, 11) is -3.10. The molecule has 0 spiro atoms. The largest absolute Gasteiger partial charge is 0.467 e. The van der Waals surface area contributed by atoms with Gasteiger partial charge in [0, 0.05) is 5.56 Å². The van der Waals surface area contributed by atoms with Gasteiger partial charge < -0.3 is 14.9 Å². The third-order valence-corrected chi connectivity index (χ3v) is 3.27. The Bertz CT molecular complexity index is 588. The smallest absolute Gasteiger partial charge is 0.337 e. The molecule has 1 aromatic carbocycles. The first-order chi connectivity index (χ1) is 8.68. The third kappa shape index (κ3) is 3.47. The predicted molar refractivity (Wildman–Crippen MR) is 60.8 cm³/mol. The molecule has 0 bridgehead atoms. The van der Waals surface area contributed by atoms with Crippen molar-refractivity contribution in [2.45, 2.75) is 17.1 Å². The van der Waals surface area contributed by atoms with Gasteiger partial charge in [-0.3, -0.25) is 0 Å². The highest BCUT2D eigenvalue weighted by molar-refractivity contribution is 7.89. The van der Waals surface area contributed by atoms with E-state index in [9.17, 15) is 27.8 Å². The molecule has 1 rings (SSSR count). The molecule has 0 aliphatic heterocycles. The molecular weight excluding hydrogens is 281 g/mol. The van der Waals surface area contributed by atoms with Crippen LogP contribution in [0.3, 0.4) is 0 Å². The molecule has 0 aliphatic carbocycles. The summed E-state index contributed by atoms with van der Waals surface area (Å²) in [6, 6.07) is 2.44. The van der Waals surface area contributed by atoms with E-state index in [4.69, 9.17) is 5.14 Å². The number of carbonyl (C=O) groups excluding carboxylic acids is 1. The Morgan fingerprint density at radius 1 is 1.42 bits per heavy atom. The molecule has 2 atom stereocenters. The average molecular weight is 293 g/mol. The summed E-state index contributed by atoms with van der Waals surface area (Å²) in [6.07, 6.45) is -3.87. The number of aliphatic hydroxyl groups is 2. The summed E-state index contributed by atoms with van der Waals surface area (Å²) in [6.45, 7) is 0. The maximum Gasteiger partial charge on any atom is 0.337 e. The molecule has 2 unspecified atom stereocenters. The lowest BCUT2D eigenvalue weighted by Gasteiger charge is -2.16. The van der Waals surface area contributed by atoms with E-state index >= 15 is 0 Å². The van der Waals surface area contributed by atoms with E-state index < -0.39 is 44.5 Å². The minimum atomic E-state index is -4.08.